The van der Waals surface area contributed by atoms with Crippen LogP contribution in [-0.4, -0.2) is 52.0 Å². The molecule has 0 amide bonds. The van der Waals surface area contributed by atoms with E-state index in [0.717, 1.165) is 55.2 Å². The number of thiol groups is 1. The molecular formula is C40H36Cl2N2O3S2. The minimum absolute atomic E-state index is 0.0945. The Hall–Kier alpha value is -3.88. The fraction of sp³-hybridized carbons (Fsp3) is 0.225. The molecule has 0 aliphatic carbocycles. The van der Waals surface area contributed by atoms with Crippen LogP contribution in [0.4, 0.5) is 11.4 Å². The number of alkyl halides is 2. The Bertz CT molecular complexity index is 2170. The molecule has 9 heteroatoms. The molecule has 2 N–H and O–H groups in total. The number of hydrogen-bond acceptors (Lipinski definition) is 6. The number of halogens is 2. The Morgan fingerprint density at radius 3 is 2.04 bits per heavy atom. The molecule has 2 aliphatic heterocycles. The largest absolute Gasteiger partial charge is 0.507 e. The monoisotopic (exact) mass is 726 g/mol. The standard InChI is InChI=1S/C40H36Cl2N2O3S2/c1-40(49,44-23-27(21-42)39-31-10-6-4-8-29(31)35(46)19-33(39)44)16-15-25-13-11-24(17-36(25)47-2)12-14-37(48)43-22-26(20-41)38-30-9-5-3-7-28(30)34(45)18-32(38)43/h3-19,26-27,45-46,49H,20-23H2,1-2H3/b14-12+,16-15+/t26-,27-,40?/m1/s1. The van der Waals surface area contributed by atoms with Crippen LogP contribution < -0.4 is 14.5 Å². The highest BCUT2D eigenvalue weighted by Gasteiger charge is 2.38. The molecule has 5 aromatic carbocycles. The third-order valence-electron chi connectivity index (χ3n) is 9.73. The molecule has 250 valence electrons. The predicted octanol–water partition coefficient (Wildman–Crippen LogP) is 10.1. The molecule has 5 aromatic rings. The van der Waals surface area contributed by atoms with E-state index in [1.165, 1.54) is 0 Å². The van der Waals surface area contributed by atoms with Gasteiger partial charge in [0.1, 0.15) is 22.2 Å². The third-order valence-corrected chi connectivity index (χ3v) is 11.2. The van der Waals surface area contributed by atoms with Gasteiger partial charge in [-0.2, -0.15) is 0 Å². The van der Waals surface area contributed by atoms with Gasteiger partial charge in [-0.25, -0.2) is 0 Å². The van der Waals surface area contributed by atoms with Crippen LogP contribution in [0.3, 0.4) is 0 Å². The molecule has 5 nitrogen and oxygen atoms in total. The first-order chi connectivity index (χ1) is 23.6. The van der Waals surface area contributed by atoms with Crippen LogP contribution in [-0.2, 0) is 0 Å². The molecule has 2 heterocycles. The van der Waals surface area contributed by atoms with Gasteiger partial charge in [0.15, 0.2) is 0 Å². The zero-order valence-electron chi connectivity index (χ0n) is 27.1. The lowest BCUT2D eigenvalue weighted by atomic mass is 9.95. The van der Waals surface area contributed by atoms with Crippen molar-refractivity contribution in [1.82, 2.24) is 0 Å². The second-order valence-electron chi connectivity index (χ2n) is 12.8. The molecule has 0 bridgehead atoms. The van der Waals surface area contributed by atoms with Crippen molar-refractivity contribution in [3.05, 3.63) is 113 Å². The number of benzene rings is 5. The van der Waals surface area contributed by atoms with Crippen molar-refractivity contribution >= 4 is 98.1 Å². The lowest BCUT2D eigenvalue weighted by Crippen LogP contribution is -2.39. The maximum Gasteiger partial charge on any atom is 0.126 e. The Morgan fingerprint density at radius 1 is 0.857 bits per heavy atom. The van der Waals surface area contributed by atoms with E-state index in [1.807, 2.05) is 104 Å². The Balaban J connectivity index is 1.12. The van der Waals surface area contributed by atoms with Crippen molar-refractivity contribution < 1.29 is 14.9 Å². The highest BCUT2D eigenvalue weighted by molar-refractivity contribution is 7.82. The number of thiocarbonyl (C=S) groups is 1. The SMILES string of the molecule is COc1cc(/C=C/C(=S)N2C[C@@H](CCl)c3c2cc(O)c2ccccc32)ccc1/C=C/C(C)(S)N1C[C@@H](CCl)c2c1cc(O)c1ccccc21. The first-order valence-electron chi connectivity index (χ1n) is 16.1. The van der Waals surface area contributed by atoms with Gasteiger partial charge in [-0.1, -0.05) is 85.0 Å². The molecule has 0 spiro atoms. The molecule has 2 aliphatic rings. The average molecular weight is 728 g/mol. The maximum atomic E-state index is 10.9. The predicted molar refractivity (Wildman–Crippen MR) is 214 cm³/mol. The normalized spacial score (nSPS) is 18.5. The summed E-state index contributed by atoms with van der Waals surface area (Å²) in [6.07, 6.45) is 7.94. The van der Waals surface area contributed by atoms with E-state index in [-0.39, 0.29) is 23.3 Å². The van der Waals surface area contributed by atoms with Crippen LogP contribution in [0.5, 0.6) is 17.2 Å². The van der Waals surface area contributed by atoms with Gasteiger partial charge < -0.3 is 24.7 Å². The number of rotatable bonds is 8. The Kier molecular flexibility index (Phi) is 9.22. The number of methoxy groups -OCH3 is 1. The van der Waals surface area contributed by atoms with Gasteiger partial charge in [-0.05, 0) is 52.6 Å². The molecule has 0 radical (unpaired) electrons. The first kappa shape index (κ1) is 33.6. The van der Waals surface area contributed by atoms with E-state index in [4.69, 9.17) is 52.8 Å². The number of fused-ring (bicyclic) bond motifs is 6. The number of phenols is 2. The topological polar surface area (TPSA) is 56.2 Å². The van der Waals surface area contributed by atoms with Crippen molar-refractivity contribution in [3.8, 4) is 17.2 Å². The molecule has 0 fully saturated rings. The third kappa shape index (κ3) is 6.01. The highest BCUT2D eigenvalue weighted by atomic mass is 35.5. The van der Waals surface area contributed by atoms with E-state index in [0.29, 0.717) is 35.6 Å². The number of anilines is 2. The quantitative estimate of drug-likeness (QED) is 0.0641. The Morgan fingerprint density at radius 2 is 1.43 bits per heavy atom. The number of ether oxygens (including phenoxy) is 1. The van der Waals surface area contributed by atoms with Crippen molar-refractivity contribution in [3.63, 3.8) is 0 Å². The highest BCUT2D eigenvalue weighted by Crippen LogP contribution is 2.49. The van der Waals surface area contributed by atoms with Crippen LogP contribution in [0.1, 0.15) is 41.0 Å². The van der Waals surface area contributed by atoms with Gasteiger partial charge in [0, 0.05) is 76.5 Å². The van der Waals surface area contributed by atoms with E-state index in [9.17, 15) is 10.2 Å². The fourth-order valence-corrected chi connectivity index (χ4v) is 8.32. The van der Waals surface area contributed by atoms with Crippen LogP contribution >= 0.6 is 48.0 Å². The number of nitrogens with zero attached hydrogens (tertiary/aromatic N) is 2. The summed E-state index contributed by atoms with van der Waals surface area (Å²) in [6, 6.07) is 25.4. The van der Waals surface area contributed by atoms with Gasteiger partial charge in [-0.3, -0.25) is 0 Å². The first-order valence-corrected chi connectivity index (χ1v) is 18.1. The second kappa shape index (κ2) is 13.4. The van der Waals surface area contributed by atoms with Crippen LogP contribution in [0.15, 0.2) is 91.0 Å². The van der Waals surface area contributed by atoms with Gasteiger partial charge in [-0.15, -0.1) is 35.8 Å². The molecular weight excluding hydrogens is 691 g/mol. The molecule has 1 unspecified atom stereocenters. The zero-order chi connectivity index (χ0) is 34.4. The molecule has 7 rings (SSSR count). The molecule has 49 heavy (non-hydrogen) atoms. The Labute approximate surface area is 307 Å². The van der Waals surface area contributed by atoms with Crippen LogP contribution in [0.25, 0.3) is 33.7 Å². The van der Waals surface area contributed by atoms with E-state index < -0.39 is 4.87 Å². The molecule has 0 aromatic heterocycles. The van der Waals surface area contributed by atoms with Gasteiger partial charge >= 0.3 is 0 Å². The second-order valence-corrected chi connectivity index (χ2v) is 14.7. The maximum absolute atomic E-state index is 10.9. The lowest BCUT2D eigenvalue weighted by molar-refractivity contribution is 0.413. The van der Waals surface area contributed by atoms with Gasteiger partial charge in [0.05, 0.1) is 12.0 Å². The van der Waals surface area contributed by atoms with E-state index >= 15 is 0 Å². The minimum Gasteiger partial charge on any atom is -0.507 e. The minimum atomic E-state index is -0.688. The van der Waals surface area contributed by atoms with Gasteiger partial charge in [0.25, 0.3) is 0 Å². The fourth-order valence-electron chi connectivity index (χ4n) is 7.31. The summed E-state index contributed by atoms with van der Waals surface area (Å²) < 4.78 is 5.81. The van der Waals surface area contributed by atoms with Crippen LogP contribution in [0.2, 0.25) is 0 Å². The summed E-state index contributed by atoms with van der Waals surface area (Å²) in [5.41, 5.74) is 5.93. The summed E-state index contributed by atoms with van der Waals surface area (Å²) in [6.45, 7) is 3.37. The van der Waals surface area contributed by atoms with E-state index in [2.05, 4.69) is 9.80 Å². The smallest absolute Gasteiger partial charge is 0.126 e. The van der Waals surface area contributed by atoms with Gasteiger partial charge in [0.2, 0.25) is 0 Å². The lowest BCUT2D eigenvalue weighted by Gasteiger charge is -2.35. The zero-order valence-corrected chi connectivity index (χ0v) is 30.3. The van der Waals surface area contributed by atoms with E-state index in [1.54, 1.807) is 13.2 Å². The summed E-state index contributed by atoms with van der Waals surface area (Å²) in [5.74, 6) is 2.31. The molecule has 0 saturated heterocycles. The number of phenolic OH excluding ortho intramolecular Hbond substituents is 2. The molecule has 0 saturated carbocycles. The summed E-state index contributed by atoms with van der Waals surface area (Å²) in [7, 11) is 1.66. The number of hydrogen-bond donors (Lipinski definition) is 3. The van der Waals surface area contributed by atoms with Crippen molar-refractivity contribution in [2.75, 3.05) is 41.8 Å². The molecule has 3 atom stereocenters. The van der Waals surface area contributed by atoms with Crippen molar-refractivity contribution in [1.29, 1.82) is 0 Å². The summed E-state index contributed by atoms with van der Waals surface area (Å²) in [4.78, 5) is 4.19. The van der Waals surface area contributed by atoms with Crippen molar-refractivity contribution in [2.45, 2.75) is 23.6 Å². The van der Waals surface area contributed by atoms with Crippen molar-refractivity contribution in [2.24, 2.45) is 0 Å². The average Bonchev–Trinajstić information content (AvgIpc) is 3.69. The summed E-state index contributed by atoms with van der Waals surface area (Å²) in [5, 5.41) is 25.3. The summed E-state index contributed by atoms with van der Waals surface area (Å²) >= 11 is 23.9. The van der Waals surface area contributed by atoms with Crippen LogP contribution in [0, 0.1) is 0 Å². The number of aromatic hydroxyl groups is 2.